The first-order valence-corrected chi connectivity index (χ1v) is 9.77. The molecule has 4 heteroatoms. The van der Waals surface area contributed by atoms with E-state index in [9.17, 15) is 5.11 Å². The Labute approximate surface area is 156 Å². The van der Waals surface area contributed by atoms with E-state index >= 15 is 0 Å². The van der Waals surface area contributed by atoms with Crippen LogP contribution in [-0.2, 0) is 4.74 Å². The maximum Gasteiger partial charge on any atom is 0.104 e. The van der Waals surface area contributed by atoms with Gasteiger partial charge in [-0.2, -0.15) is 0 Å². The number of ether oxygens (including phenoxy) is 1. The zero-order valence-corrected chi connectivity index (χ0v) is 15.3. The Kier molecular flexibility index (Phi) is 5.42. The van der Waals surface area contributed by atoms with Crippen molar-refractivity contribution in [2.24, 2.45) is 0 Å². The van der Waals surface area contributed by atoms with Gasteiger partial charge in [-0.3, -0.25) is 0 Å². The second-order valence-electron chi connectivity index (χ2n) is 7.23. The molecule has 2 fully saturated rings. The lowest BCUT2D eigenvalue weighted by atomic mass is 10.0. The molecule has 2 saturated heterocycles. The molecule has 1 N–H and O–H groups in total. The van der Waals surface area contributed by atoms with E-state index < -0.39 is 6.10 Å². The number of morpholine rings is 1. The van der Waals surface area contributed by atoms with Gasteiger partial charge in [-0.05, 0) is 54.7 Å². The summed E-state index contributed by atoms with van der Waals surface area (Å²) in [6.07, 6.45) is 3.32. The second kappa shape index (κ2) is 8.11. The molecular weight excluding hydrogens is 324 g/mol. The highest BCUT2D eigenvalue weighted by Crippen LogP contribution is 2.27. The number of benzene rings is 2. The lowest BCUT2D eigenvalue weighted by molar-refractivity contribution is 0.122. The zero-order valence-electron chi connectivity index (χ0n) is 15.3. The topological polar surface area (TPSA) is 35.9 Å². The average molecular weight is 352 g/mol. The lowest BCUT2D eigenvalue weighted by Crippen LogP contribution is -2.36. The molecule has 0 bridgehead atoms. The van der Waals surface area contributed by atoms with Crippen LogP contribution in [-0.4, -0.2) is 44.5 Å². The number of hydrogen-bond acceptors (Lipinski definition) is 4. The van der Waals surface area contributed by atoms with Crippen molar-refractivity contribution in [3.63, 3.8) is 0 Å². The molecule has 2 aromatic rings. The Balaban J connectivity index is 1.43. The van der Waals surface area contributed by atoms with Crippen molar-refractivity contribution in [1.82, 2.24) is 0 Å². The molecule has 0 aliphatic carbocycles. The van der Waals surface area contributed by atoms with Gasteiger partial charge in [-0.25, -0.2) is 0 Å². The number of aliphatic hydroxyl groups is 1. The Bertz CT molecular complexity index is 626. The van der Waals surface area contributed by atoms with Crippen molar-refractivity contribution < 1.29 is 9.84 Å². The Hall–Kier alpha value is -2.04. The molecule has 26 heavy (non-hydrogen) atoms. The van der Waals surface area contributed by atoms with Crippen LogP contribution in [0, 0.1) is 0 Å². The summed E-state index contributed by atoms with van der Waals surface area (Å²) in [4.78, 5) is 4.77. The summed E-state index contributed by atoms with van der Waals surface area (Å²) >= 11 is 0. The van der Waals surface area contributed by atoms with Gasteiger partial charge in [0.05, 0.1) is 13.2 Å². The summed E-state index contributed by atoms with van der Waals surface area (Å²) in [6.45, 7) is 5.72. The highest BCUT2D eigenvalue weighted by molar-refractivity contribution is 5.51. The van der Waals surface area contributed by atoms with Gasteiger partial charge in [0.25, 0.3) is 0 Å². The summed E-state index contributed by atoms with van der Waals surface area (Å²) in [5.41, 5.74) is 4.35. The van der Waals surface area contributed by atoms with Crippen molar-refractivity contribution in [1.29, 1.82) is 0 Å². The molecule has 2 aliphatic rings. The number of hydrogen-bond donors (Lipinski definition) is 1. The predicted molar refractivity (Wildman–Crippen MR) is 106 cm³/mol. The normalized spacial score (nSPS) is 19.4. The first-order chi connectivity index (χ1) is 12.8. The summed E-state index contributed by atoms with van der Waals surface area (Å²) in [5, 5.41) is 10.7. The van der Waals surface area contributed by atoms with E-state index in [0.29, 0.717) is 0 Å². The molecule has 2 aromatic carbocycles. The van der Waals surface area contributed by atoms with E-state index in [1.165, 1.54) is 30.6 Å². The largest absolute Gasteiger partial charge is 0.384 e. The Morgan fingerprint density at radius 1 is 0.654 bits per heavy atom. The molecule has 2 heterocycles. The van der Waals surface area contributed by atoms with Gasteiger partial charge in [0.1, 0.15) is 6.10 Å². The number of nitrogens with zero attached hydrogens (tertiary/aromatic N) is 2. The molecule has 1 unspecified atom stereocenters. The minimum absolute atomic E-state index is 0.579. The number of anilines is 2. The van der Waals surface area contributed by atoms with Crippen molar-refractivity contribution in [3.05, 3.63) is 59.7 Å². The second-order valence-corrected chi connectivity index (χ2v) is 7.23. The zero-order chi connectivity index (χ0) is 17.8. The van der Waals surface area contributed by atoms with E-state index in [-0.39, 0.29) is 0 Å². The number of piperidine rings is 1. The third-order valence-corrected chi connectivity index (χ3v) is 5.52. The molecule has 2 aliphatic heterocycles. The Morgan fingerprint density at radius 3 is 1.62 bits per heavy atom. The molecular formula is C22H28N2O2. The van der Waals surface area contributed by atoms with Crippen molar-refractivity contribution in [2.45, 2.75) is 25.4 Å². The van der Waals surface area contributed by atoms with E-state index in [2.05, 4.69) is 46.2 Å². The van der Waals surface area contributed by atoms with Crippen LogP contribution >= 0.6 is 0 Å². The average Bonchev–Trinajstić information content (AvgIpc) is 2.75. The van der Waals surface area contributed by atoms with Gasteiger partial charge in [0, 0.05) is 37.6 Å². The van der Waals surface area contributed by atoms with E-state index in [4.69, 9.17) is 4.74 Å². The molecule has 138 valence electrons. The summed E-state index contributed by atoms with van der Waals surface area (Å²) in [5.74, 6) is 0. The number of rotatable bonds is 4. The van der Waals surface area contributed by atoms with Crippen LogP contribution in [0.25, 0.3) is 0 Å². The fourth-order valence-electron chi connectivity index (χ4n) is 3.90. The van der Waals surface area contributed by atoms with Gasteiger partial charge < -0.3 is 19.6 Å². The third kappa shape index (κ3) is 3.87. The van der Waals surface area contributed by atoms with Gasteiger partial charge >= 0.3 is 0 Å². The first-order valence-electron chi connectivity index (χ1n) is 9.77. The molecule has 4 nitrogen and oxygen atoms in total. The van der Waals surface area contributed by atoms with Crippen LogP contribution in [0.3, 0.4) is 0 Å². The monoisotopic (exact) mass is 352 g/mol. The van der Waals surface area contributed by atoms with E-state index in [1.54, 1.807) is 0 Å². The molecule has 4 rings (SSSR count). The first kappa shape index (κ1) is 17.4. The van der Waals surface area contributed by atoms with Gasteiger partial charge in [-0.1, -0.05) is 24.3 Å². The summed E-state index contributed by atoms with van der Waals surface area (Å²) < 4.78 is 5.41. The van der Waals surface area contributed by atoms with Crippen LogP contribution in [0.5, 0.6) is 0 Å². The van der Waals surface area contributed by atoms with Gasteiger partial charge in [-0.15, -0.1) is 0 Å². The maximum absolute atomic E-state index is 10.7. The quantitative estimate of drug-likeness (QED) is 0.912. The van der Waals surface area contributed by atoms with Crippen molar-refractivity contribution in [2.75, 3.05) is 49.2 Å². The van der Waals surface area contributed by atoms with Crippen molar-refractivity contribution in [3.8, 4) is 0 Å². The minimum Gasteiger partial charge on any atom is -0.384 e. The predicted octanol–water partition coefficient (Wildman–Crippen LogP) is 3.60. The fraction of sp³-hybridized carbons (Fsp3) is 0.455. The number of aliphatic hydroxyl groups excluding tert-OH is 1. The lowest BCUT2D eigenvalue weighted by Gasteiger charge is -2.29. The van der Waals surface area contributed by atoms with E-state index in [0.717, 1.165) is 50.5 Å². The SMILES string of the molecule is OC(c1ccc(N2CCCCC2)cc1)c1ccc(N2CCOCC2)cc1. The Morgan fingerprint density at radius 2 is 1.12 bits per heavy atom. The smallest absolute Gasteiger partial charge is 0.104 e. The third-order valence-electron chi connectivity index (χ3n) is 5.52. The minimum atomic E-state index is -0.579. The van der Waals surface area contributed by atoms with Gasteiger partial charge in [0.15, 0.2) is 0 Å². The maximum atomic E-state index is 10.7. The van der Waals surface area contributed by atoms with Crippen LogP contribution in [0.15, 0.2) is 48.5 Å². The molecule has 0 radical (unpaired) electrons. The van der Waals surface area contributed by atoms with Crippen LogP contribution in [0.4, 0.5) is 11.4 Å². The van der Waals surface area contributed by atoms with Crippen LogP contribution in [0.1, 0.15) is 36.5 Å². The summed E-state index contributed by atoms with van der Waals surface area (Å²) in [7, 11) is 0. The standard InChI is InChI=1S/C22H28N2O2/c25-22(18-4-8-20(9-5-18)23-12-2-1-3-13-23)19-6-10-21(11-7-19)24-14-16-26-17-15-24/h4-11,22,25H,1-3,12-17H2. The summed E-state index contributed by atoms with van der Waals surface area (Å²) in [6, 6.07) is 16.7. The molecule has 0 amide bonds. The molecule has 1 atom stereocenters. The van der Waals surface area contributed by atoms with E-state index in [1.807, 2.05) is 12.1 Å². The van der Waals surface area contributed by atoms with Gasteiger partial charge in [0.2, 0.25) is 0 Å². The molecule has 0 spiro atoms. The van der Waals surface area contributed by atoms with Crippen LogP contribution in [0.2, 0.25) is 0 Å². The fourth-order valence-corrected chi connectivity index (χ4v) is 3.90. The molecule has 0 saturated carbocycles. The highest BCUT2D eigenvalue weighted by Gasteiger charge is 2.15. The van der Waals surface area contributed by atoms with Crippen molar-refractivity contribution >= 4 is 11.4 Å². The molecule has 0 aromatic heterocycles. The highest BCUT2D eigenvalue weighted by atomic mass is 16.5. The van der Waals surface area contributed by atoms with Crippen LogP contribution < -0.4 is 9.80 Å².